The predicted octanol–water partition coefficient (Wildman–Crippen LogP) is 2.50. The van der Waals surface area contributed by atoms with E-state index in [0.29, 0.717) is 48.0 Å². The number of ether oxygens (including phenoxy) is 2. The molecule has 0 aliphatic carbocycles. The Bertz CT molecular complexity index is 1160. The van der Waals surface area contributed by atoms with E-state index in [1.807, 2.05) is 25.3 Å². The molecule has 0 bridgehead atoms. The lowest BCUT2D eigenvalue weighted by atomic mass is 9.97. The highest BCUT2D eigenvalue weighted by Gasteiger charge is 2.30. The zero-order chi connectivity index (χ0) is 25.1. The Morgan fingerprint density at radius 3 is 2.57 bits per heavy atom. The fraction of sp³-hybridized carbons (Fsp3) is 0.577. The molecule has 0 radical (unpaired) electrons. The molecule has 1 saturated heterocycles. The maximum Gasteiger partial charge on any atom is 0.257 e. The van der Waals surface area contributed by atoms with E-state index in [1.54, 1.807) is 18.3 Å². The number of likely N-dealkylation sites (tertiary alicyclic amines) is 1. The zero-order valence-electron chi connectivity index (χ0n) is 21.1. The van der Waals surface area contributed by atoms with E-state index < -0.39 is 17.4 Å². The van der Waals surface area contributed by atoms with Crippen LogP contribution in [-0.2, 0) is 11.3 Å². The molecule has 1 aromatic heterocycles. The molecular formula is C26H36N4O5. The number of nitrogens with one attached hydrogen (secondary N) is 2. The summed E-state index contributed by atoms with van der Waals surface area (Å²) in [7, 11) is 0. The molecule has 0 spiro atoms. The van der Waals surface area contributed by atoms with E-state index in [1.165, 1.54) is 0 Å². The van der Waals surface area contributed by atoms with E-state index in [4.69, 9.17) is 9.47 Å². The van der Waals surface area contributed by atoms with Crippen LogP contribution in [0.15, 0.2) is 23.1 Å². The fourth-order valence-corrected chi connectivity index (χ4v) is 5.00. The number of amides is 2. The average Bonchev–Trinajstić information content (AvgIpc) is 3.53. The third kappa shape index (κ3) is 5.00. The highest BCUT2D eigenvalue weighted by Crippen LogP contribution is 2.35. The first-order chi connectivity index (χ1) is 16.9. The smallest absolute Gasteiger partial charge is 0.257 e. The van der Waals surface area contributed by atoms with Crippen LogP contribution in [0.5, 0.6) is 11.5 Å². The molecule has 0 unspecified atom stereocenters. The Kier molecular flexibility index (Phi) is 7.64. The predicted molar refractivity (Wildman–Crippen MR) is 134 cm³/mol. The van der Waals surface area contributed by atoms with E-state index in [9.17, 15) is 14.4 Å². The van der Waals surface area contributed by atoms with Crippen molar-refractivity contribution in [3.63, 3.8) is 0 Å². The molecule has 190 valence electrons. The summed E-state index contributed by atoms with van der Waals surface area (Å²) in [5, 5.41) is 6.29. The van der Waals surface area contributed by atoms with Crippen LogP contribution >= 0.6 is 0 Å². The number of aromatic nitrogens is 1. The minimum atomic E-state index is -0.731. The van der Waals surface area contributed by atoms with Gasteiger partial charge in [-0.1, -0.05) is 27.2 Å². The third-order valence-electron chi connectivity index (χ3n) is 7.36. The van der Waals surface area contributed by atoms with Gasteiger partial charge in [0.25, 0.3) is 5.91 Å². The maximum absolute atomic E-state index is 13.3. The van der Waals surface area contributed by atoms with Crippen molar-refractivity contribution in [1.29, 1.82) is 0 Å². The summed E-state index contributed by atoms with van der Waals surface area (Å²) in [6, 6.07) is 2.99. The normalized spacial score (nSPS) is 19.0. The number of hydrogen-bond donors (Lipinski definition) is 2. The van der Waals surface area contributed by atoms with Crippen molar-refractivity contribution in [3.8, 4) is 11.5 Å². The second-order valence-corrected chi connectivity index (χ2v) is 9.39. The molecule has 9 nitrogen and oxygen atoms in total. The minimum absolute atomic E-state index is 0.00673. The quantitative estimate of drug-likeness (QED) is 0.567. The monoisotopic (exact) mass is 484 g/mol. The largest absolute Gasteiger partial charge is 0.454 e. The lowest BCUT2D eigenvalue weighted by Crippen LogP contribution is -2.52. The van der Waals surface area contributed by atoms with Crippen LogP contribution in [0.1, 0.15) is 57.3 Å². The summed E-state index contributed by atoms with van der Waals surface area (Å²) in [6.45, 7) is 11.2. The second kappa shape index (κ2) is 10.7. The van der Waals surface area contributed by atoms with Crippen LogP contribution in [0.25, 0.3) is 10.9 Å². The summed E-state index contributed by atoms with van der Waals surface area (Å²) >= 11 is 0. The van der Waals surface area contributed by atoms with Crippen molar-refractivity contribution in [2.45, 2.75) is 65.6 Å². The number of benzene rings is 1. The Labute approximate surface area is 205 Å². The van der Waals surface area contributed by atoms with Crippen molar-refractivity contribution in [2.24, 2.45) is 5.92 Å². The molecule has 3 heterocycles. The topological polar surface area (TPSA) is 102 Å². The summed E-state index contributed by atoms with van der Waals surface area (Å²) in [6.07, 6.45) is 4.46. The first kappa shape index (κ1) is 25.0. The molecule has 2 aromatic rings. The van der Waals surface area contributed by atoms with Gasteiger partial charge in [0, 0.05) is 31.4 Å². The van der Waals surface area contributed by atoms with Gasteiger partial charge >= 0.3 is 0 Å². The number of rotatable bonds is 9. The number of pyridine rings is 1. The molecule has 3 atom stereocenters. The van der Waals surface area contributed by atoms with Crippen molar-refractivity contribution in [3.05, 3.63) is 34.1 Å². The van der Waals surface area contributed by atoms with Crippen LogP contribution in [0.2, 0.25) is 0 Å². The minimum Gasteiger partial charge on any atom is -0.454 e. The van der Waals surface area contributed by atoms with Crippen LogP contribution in [0, 0.1) is 5.92 Å². The van der Waals surface area contributed by atoms with Crippen LogP contribution in [0.3, 0.4) is 0 Å². The van der Waals surface area contributed by atoms with Gasteiger partial charge in [0.15, 0.2) is 11.5 Å². The van der Waals surface area contributed by atoms with E-state index in [-0.39, 0.29) is 24.2 Å². The number of hydrogen-bond acceptors (Lipinski definition) is 6. The van der Waals surface area contributed by atoms with Crippen molar-refractivity contribution >= 4 is 22.7 Å². The van der Waals surface area contributed by atoms with Gasteiger partial charge in [-0.15, -0.1) is 0 Å². The van der Waals surface area contributed by atoms with Crippen molar-refractivity contribution in [2.75, 3.05) is 26.4 Å². The molecule has 35 heavy (non-hydrogen) atoms. The summed E-state index contributed by atoms with van der Waals surface area (Å²) in [4.78, 5) is 42.2. The summed E-state index contributed by atoms with van der Waals surface area (Å²) < 4.78 is 12.7. The average molecular weight is 485 g/mol. The Morgan fingerprint density at radius 2 is 1.89 bits per heavy atom. The highest BCUT2D eigenvalue weighted by atomic mass is 16.7. The SMILES string of the molecule is CC[C@@H](C)[C@H](NC(=O)c1cn(CC)c2cc3c(cc2c1=O)OCO3)C(=O)NC[C@@H]1CCCN1CC. The first-order valence-corrected chi connectivity index (χ1v) is 12.7. The summed E-state index contributed by atoms with van der Waals surface area (Å²) in [5.41, 5.74) is 0.284. The van der Waals surface area contributed by atoms with E-state index in [2.05, 4.69) is 22.5 Å². The van der Waals surface area contributed by atoms with Gasteiger partial charge in [0.1, 0.15) is 11.6 Å². The number of carbonyl (C=O) groups excluding carboxylic acids is 2. The molecule has 1 aromatic carbocycles. The van der Waals surface area contributed by atoms with Crippen LogP contribution < -0.4 is 25.5 Å². The number of carbonyl (C=O) groups is 2. The van der Waals surface area contributed by atoms with Gasteiger partial charge in [0.2, 0.25) is 18.1 Å². The van der Waals surface area contributed by atoms with Crippen LogP contribution in [0.4, 0.5) is 0 Å². The number of likely N-dealkylation sites (N-methyl/N-ethyl adjacent to an activating group) is 1. The molecule has 4 rings (SSSR count). The lowest BCUT2D eigenvalue weighted by Gasteiger charge is -2.27. The van der Waals surface area contributed by atoms with Crippen molar-refractivity contribution in [1.82, 2.24) is 20.1 Å². The molecule has 0 saturated carbocycles. The molecule has 9 heteroatoms. The van der Waals surface area contributed by atoms with Gasteiger partial charge < -0.3 is 24.7 Å². The fourth-order valence-electron chi connectivity index (χ4n) is 5.00. The number of aryl methyl sites for hydroxylation is 1. The van der Waals surface area contributed by atoms with Gasteiger partial charge in [-0.05, 0) is 44.8 Å². The van der Waals surface area contributed by atoms with Gasteiger partial charge in [-0.3, -0.25) is 19.3 Å². The lowest BCUT2D eigenvalue weighted by molar-refractivity contribution is -0.124. The highest BCUT2D eigenvalue weighted by molar-refractivity contribution is 6.00. The molecule has 2 N–H and O–H groups in total. The number of fused-ring (bicyclic) bond motifs is 2. The first-order valence-electron chi connectivity index (χ1n) is 12.7. The van der Waals surface area contributed by atoms with Crippen molar-refractivity contribution < 1.29 is 19.1 Å². The van der Waals surface area contributed by atoms with E-state index >= 15 is 0 Å². The number of nitrogens with zero attached hydrogens (tertiary/aromatic N) is 2. The van der Waals surface area contributed by atoms with Gasteiger partial charge in [0.05, 0.1) is 10.9 Å². The maximum atomic E-state index is 13.3. The Hall–Kier alpha value is -3.07. The molecule has 2 aliphatic heterocycles. The third-order valence-corrected chi connectivity index (χ3v) is 7.36. The summed E-state index contributed by atoms with van der Waals surface area (Å²) in [5.74, 6) is 0.213. The van der Waals surface area contributed by atoms with Crippen LogP contribution in [-0.4, -0.2) is 59.8 Å². The Balaban J connectivity index is 1.57. The zero-order valence-corrected chi connectivity index (χ0v) is 21.1. The molecule has 2 amide bonds. The standard InChI is InChI=1S/C26H36N4O5/c1-5-16(4)23(26(33)27-13-17-9-8-10-29(17)6-2)28-25(32)19-14-30(7-3)20-12-22-21(34-15-35-22)11-18(20)24(19)31/h11-12,14,16-17,23H,5-10,13,15H2,1-4H3,(H,27,33)(H,28,32)/t16-,17+,23+/m1/s1. The van der Waals surface area contributed by atoms with Gasteiger partial charge in [-0.25, -0.2) is 0 Å². The van der Waals surface area contributed by atoms with E-state index in [0.717, 1.165) is 25.9 Å². The van der Waals surface area contributed by atoms with Gasteiger partial charge in [-0.2, -0.15) is 0 Å². The molecular weight excluding hydrogens is 448 g/mol. The molecule has 1 fully saturated rings. The molecule has 2 aliphatic rings. The Morgan fingerprint density at radius 1 is 1.14 bits per heavy atom. The second-order valence-electron chi connectivity index (χ2n) is 9.39.